The zero-order chi connectivity index (χ0) is 17.1. The second-order valence-corrected chi connectivity index (χ2v) is 5.77. The molecule has 0 aliphatic rings. The van der Waals surface area contributed by atoms with Crippen molar-refractivity contribution in [1.82, 2.24) is 15.2 Å². The highest BCUT2D eigenvalue weighted by molar-refractivity contribution is 6.31. The van der Waals surface area contributed by atoms with E-state index in [2.05, 4.69) is 25.8 Å². The Morgan fingerprint density at radius 2 is 1.88 bits per heavy atom. The summed E-state index contributed by atoms with van der Waals surface area (Å²) in [7, 11) is 0. The summed E-state index contributed by atoms with van der Waals surface area (Å²) < 4.78 is 13.2. The molecule has 0 saturated heterocycles. The first-order chi connectivity index (χ1) is 11.5. The number of anilines is 4. The highest BCUT2D eigenvalue weighted by atomic mass is 35.5. The number of aromatic nitrogens is 3. The molecule has 3 rings (SSSR count). The molecular weight excluding hydrogens is 352 g/mol. The Morgan fingerprint density at radius 3 is 2.67 bits per heavy atom. The lowest BCUT2D eigenvalue weighted by Crippen LogP contribution is -2.03. The van der Waals surface area contributed by atoms with E-state index >= 15 is 0 Å². The van der Waals surface area contributed by atoms with Crippen LogP contribution >= 0.6 is 23.2 Å². The summed E-state index contributed by atoms with van der Waals surface area (Å²) in [6.45, 7) is 1.89. The van der Waals surface area contributed by atoms with Crippen molar-refractivity contribution in [2.24, 2.45) is 0 Å². The molecule has 0 aliphatic heterocycles. The van der Waals surface area contributed by atoms with Gasteiger partial charge in [-0.25, -0.2) is 4.39 Å². The lowest BCUT2D eigenvalue weighted by atomic mass is 10.2. The van der Waals surface area contributed by atoms with E-state index in [0.29, 0.717) is 22.5 Å². The van der Waals surface area contributed by atoms with Gasteiger partial charge in [-0.1, -0.05) is 29.3 Å². The fraction of sp³-hybridized carbons (Fsp3) is 0.0625. The van der Waals surface area contributed by atoms with Gasteiger partial charge in [0, 0.05) is 16.4 Å². The minimum atomic E-state index is -0.484. The van der Waals surface area contributed by atoms with Crippen LogP contribution in [0.25, 0.3) is 0 Å². The van der Waals surface area contributed by atoms with Crippen molar-refractivity contribution >= 4 is 46.3 Å². The van der Waals surface area contributed by atoms with Gasteiger partial charge in [-0.05, 0) is 42.8 Å². The van der Waals surface area contributed by atoms with Crippen molar-refractivity contribution in [2.75, 3.05) is 10.6 Å². The molecule has 0 saturated carbocycles. The molecule has 0 aliphatic carbocycles. The Morgan fingerprint density at radius 1 is 1.04 bits per heavy atom. The van der Waals surface area contributed by atoms with Crippen LogP contribution in [0.3, 0.4) is 0 Å². The quantitative estimate of drug-likeness (QED) is 0.673. The molecule has 3 aromatic rings. The largest absolute Gasteiger partial charge is 0.339 e. The summed E-state index contributed by atoms with van der Waals surface area (Å²) in [5.41, 5.74) is 2.25. The predicted molar refractivity (Wildman–Crippen MR) is 94.0 cm³/mol. The molecule has 0 unspecified atom stereocenters. The van der Waals surface area contributed by atoms with Gasteiger partial charge in [-0.3, -0.25) is 0 Å². The molecule has 1 heterocycles. The smallest absolute Gasteiger partial charge is 0.249 e. The Hall–Kier alpha value is -2.44. The summed E-state index contributed by atoms with van der Waals surface area (Å²) in [6.07, 6.45) is 1.45. The van der Waals surface area contributed by atoms with E-state index in [1.54, 1.807) is 12.1 Å². The number of hydrogen-bond donors (Lipinski definition) is 2. The van der Waals surface area contributed by atoms with Gasteiger partial charge in [0.1, 0.15) is 5.82 Å². The fourth-order valence-corrected chi connectivity index (χ4v) is 2.36. The Labute approximate surface area is 147 Å². The van der Waals surface area contributed by atoms with E-state index in [0.717, 1.165) is 11.3 Å². The Bertz CT molecular complexity index is 888. The van der Waals surface area contributed by atoms with E-state index in [-0.39, 0.29) is 5.02 Å². The van der Waals surface area contributed by atoms with Gasteiger partial charge in [0.25, 0.3) is 0 Å². The highest BCUT2D eigenvalue weighted by Gasteiger charge is 2.07. The summed E-state index contributed by atoms with van der Waals surface area (Å²) >= 11 is 11.9. The predicted octanol–water partition coefficient (Wildman–Crippen LogP) is 5.11. The van der Waals surface area contributed by atoms with E-state index in [4.69, 9.17) is 23.2 Å². The van der Waals surface area contributed by atoms with E-state index in [1.165, 1.54) is 18.3 Å². The Balaban J connectivity index is 1.81. The van der Waals surface area contributed by atoms with Crippen molar-refractivity contribution in [3.63, 3.8) is 0 Å². The third-order valence-corrected chi connectivity index (χ3v) is 3.96. The first-order valence-corrected chi connectivity index (χ1v) is 7.72. The van der Waals surface area contributed by atoms with E-state index in [9.17, 15) is 4.39 Å². The molecule has 0 bridgehead atoms. The molecule has 122 valence electrons. The van der Waals surface area contributed by atoms with Crippen LogP contribution in [-0.2, 0) is 0 Å². The molecule has 0 spiro atoms. The molecule has 8 heteroatoms. The minimum Gasteiger partial charge on any atom is -0.339 e. The van der Waals surface area contributed by atoms with Crippen LogP contribution in [0.5, 0.6) is 0 Å². The second kappa shape index (κ2) is 6.98. The molecule has 0 atom stereocenters. The van der Waals surface area contributed by atoms with Gasteiger partial charge in [-0.2, -0.15) is 10.1 Å². The summed E-state index contributed by atoms with van der Waals surface area (Å²) in [5, 5.41) is 14.6. The SMILES string of the molecule is Cc1c(Cl)cccc1Nc1nncc(Nc2ccc(F)c(Cl)c2)n1. The van der Waals surface area contributed by atoms with Crippen LogP contribution in [0.15, 0.2) is 42.6 Å². The number of rotatable bonds is 4. The highest BCUT2D eigenvalue weighted by Crippen LogP contribution is 2.26. The number of halogens is 3. The molecule has 1 aromatic heterocycles. The summed E-state index contributed by atoms with van der Waals surface area (Å²) in [4.78, 5) is 4.31. The zero-order valence-electron chi connectivity index (χ0n) is 12.5. The van der Waals surface area contributed by atoms with Gasteiger partial charge in [0.15, 0.2) is 5.82 Å². The van der Waals surface area contributed by atoms with E-state index < -0.39 is 5.82 Å². The van der Waals surface area contributed by atoms with Gasteiger partial charge >= 0.3 is 0 Å². The summed E-state index contributed by atoms with van der Waals surface area (Å²) in [6, 6.07) is 9.79. The first-order valence-electron chi connectivity index (χ1n) is 6.97. The van der Waals surface area contributed by atoms with Gasteiger partial charge < -0.3 is 10.6 Å². The van der Waals surface area contributed by atoms with Crippen LogP contribution < -0.4 is 10.6 Å². The summed E-state index contributed by atoms with van der Waals surface area (Å²) in [5.74, 6) is 0.259. The molecule has 24 heavy (non-hydrogen) atoms. The van der Waals surface area contributed by atoms with Crippen molar-refractivity contribution in [1.29, 1.82) is 0 Å². The average Bonchev–Trinajstić information content (AvgIpc) is 2.56. The molecule has 0 amide bonds. The maximum Gasteiger partial charge on any atom is 0.249 e. The first kappa shape index (κ1) is 16.4. The number of nitrogens with one attached hydrogen (secondary N) is 2. The molecule has 2 N–H and O–H groups in total. The van der Waals surface area contributed by atoms with Crippen LogP contribution in [0.4, 0.5) is 27.5 Å². The van der Waals surface area contributed by atoms with Crippen LogP contribution in [0.1, 0.15) is 5.56 Å². The third kappa shape index (κ3) is 3.72. The normalized spacial score (nSPS) is 10.5. The Kier molecular flexibility index (Phi) is 4.78. The van der Waals surface area contributed by atoms with Crippen molar-refractivity contribution in [2.45, 2.75) is 6.92 Å². The molecule has 0 radical (unpaired) electrons. The standard InChI is InChI=1S/C16H12Cl2FN5/c1-9-11(17)3-2-4-14(9)22-16-23-15(8-20-24-16)21-10-5-6-13(19)12(18)7-10/h2-8H,1H3,(H2,21,22,23,24). The minimum absolute atomic E-state index is 0.0231. The van der Waals surface area contributed by atoms with E-state index in [1.807, 2.05) is 19.1 Å². The van der Waals surface area contributed by atoms with Crippen LogP contribution in [0, 0.1) is 12.7 Å². The van der Waals surface area contributed by atoms with Gasteiger partial charge in [-0.15, -0.1) is 5.10 Å². The monoisotopic (exact) mass is 363 g/mol. The maximum atomic E-state index is 13.2. The molecule has 5 nitrogen and oxygen atoms in total. The van der Waals surface area contributed by atoms with Crippen molar-refractivity contribution in [3.05, 3.63) is 64.0 Å². The number of nitrogens with zero attached hydrogens (tertiary/aromatic N) is 3. The lowest BCUT2D eigenvalue weighted by Gasteiger charge is -2.10. The second-order valence-electron chi connectivity index (χ2n) is 4.96. The zero-order valence-corrected chi connectivity index (χ0v) is 14.0. The van der Waals surface area contributed by atoms with Crippen molar-refractivity contribution < 1.29 is 4.39 Å². The fourth-order valence-electron chi connectivity index (χ4n) is 2.00. The van der Waals surface area contributed by atoms with Gasteiger partial charge in [0.05, 0.1) is 11.2 Å². The third-order valence-electron chi connectivity index (χ3n) is 3.27. The maximum absolute atomic E-state index is 13.2. The van der Waals surface area contributed by atoms with Crippen molar-refractivity contribution in [3.8, 4) is 0 Å². The van der Waals surface area contributed by atoms with Crippen LogP contribution in [0.2, 0.25) is 10.0 Å². The van der Waals surface area contributed by atoms with Crippen LogP contribution in [-0.4, -0.2) is 15.2 Å². The molecular formula is C16H12Cl2FN5. The molecule has 2 aromatic carbocycles. The van der Waals surface area contributed by atoms with Gasteiger partial charge in [0.2, 0.25) is 5.95 Å². The average molecular weight is 364 g/mol. The number of benzene rings is 2. The number of hydrogen-bond acceptors (Lipinski definition) is 5. The topological polar surface area (TPSA) is 62.7 Å². The molecule has 0 fully saturated rings. The lowest BCUT2D eigenvalue weighted by molar-refractivity contribution is 0.628.